The molecule has 0 aliphatic rings. The second kappa shape index (κ2) is 5.73. The van der Waals surface area contributed by atoms with Gasteiger partial charge >= 0.3 is 18.0 Å². The highest BCUT2D eigenvalue weighted by atomic mass is 16.5. The molecule has 0 saturated heterocycles. The molecule has 2 rings (SSSR count). The first-order valence-electron chi connectivity index (χ1n) is 6.07. The van der Waals surface area contributed by atoms with Crippen LogP contribution in [0.5, 0.6) is 12.0 Å². The smallest absolute Gasteiger partial charge is 0.324 e. The first-order chi connectivity index (χ1) is 9.96. The van der Waals surface area contributed by atoms with Crippen LogP contribution in [-0.2, 0) is 11.2 Å². The number of aliphatic carboxylic acids is 1. The molecule has 0 atom stereocenters. The van der Waals surface area contributed by atoms with E-state index in [-0.39, 0.29) is 24.4 Å². The van der Waals surface area contributed by atoms with E-state index in [1.807, 2.05) is 0 Å². The van der Waals surface area contributed by atoms with Gasteiger partial charge < -0.3 is 14.6 Å². The van der Waals surface area contributed by atoms with E-state index in [1.165, 1.54) is 18.9 Å². The fourth-order valence-electron chi connectivity index (χ4n) is 1.88. The molecular formula is C12H15N5O4. The van der Waals surface area contributed by atoms with Crippen LogP contribution in [-0.4, -0.2) is 50.0 Å². The fraction of sp³-hybridized carbons (Fsp3) is 0.417. The highest BCUT2D eigenvalue weighted by Crippen LogP contribution is 2.18. The number of aromatic nitrogens is 5. The van der Waals surface area contributed by atoms with Crippen LogP contribution >= 0.6 is 0 Å². The van der Waals surface area contributed by atoms with Gasteiger partial charge in [0.2, 0.25) is 0 Å². The number of methoxy groups -OCH3 is 2. The van der Waals surface area contributed by atoms with E-state index in [9.17, 15) is 4.79 Å². The van der Waals surface area contributed by atoms with Crippen LogP contribution in [0.4, 0.5) is 0 Å². The summed E-state index contributed by atoms with van der Waals surface area (Å²) >= 11 is 0. The third kappa shape index (κ3) is 2.91. The van der Waals surface area contributed by atoms with E-state index >= 15 is 0 Å². The van der Waals surface area contributed by atoms with Crippen molar-refractivity contribution in [1.29, 1.82) is 0 Å². The molecule has 0 fully saturated rings. The van der Waals surface area contributed by atoms with Gasteiger partial charge in [-0.25, -0.2) is 4.68 Å². The van der Waals surface area contributed by atoms with Crippen LogP contribution in [0.1, 0.15) is 17.0 Å². The summed E-state index contributed by atoms with van der Waals surface area (Å²) in [5.41, 5.74) is 1.87. The number of ether oxygens (including phenoxy) is 2. The van der Waals surface area contributed by atoms with Crippen molar-refractivity contribution < 1.29 is 19.4 Å². The van der Waals surface area contributed by atoms with Gasteiger partial charge in [0.1, 0.15) is 0 Å². The largest absolute Gasteiger partial charge is 0.481 e. The van der Waals surface area contributed by atoms with Crippen LogP contribution in [0.3, 0.4) is 0 Å². The van der Waals surface area contributed by atoms with Gasteiger partial charge in [0.15, 0.2) is 0 Å². The number of carboxylic acids is 1. The van der Waals surface area contributed by atoms with Crippen molar-refractivity contribution in [2.24, 2.45) is 0 Å². The van der Waals surface area contributed by atoms with Crippen molar-refractivity contribution in [3.8, 4) is 18.0 Å². The van der Waals surface area contributed by atoms with E-state index < -0.39 is 5.97 Å². The van der Waals surface area contributed by atoms with Crippen LogP contribution in [0.25, 0.3) is 5.95 Å². The molecule has 112 valence electrons. The maximum atomic E-state index is 10.9. The number of carboxylic acid groups (broad SMARTS) is 1. The van der Waals surface area contributed by atoms with Gasteiger partial charge in [-0.3, -0.25) is 4.79 Å². The highest BCUT2D eigenvalue weighted by molar-refractivity contribution is 5.71. The van der Waals surface area contributed by atoms with Crippen molar-refractivity contribution in [3.05, 3.63) is 17.0 Å². The van der Waals surface area contributed by atoms with Gasteiger partial charge in [-0.1, -0.05) is 0 Å². The summed E-state index contributed by atoms with van der Waals surface area (Å²) in [4.78, 5) is 23.0. The quantitative estimate of drug-likeness (QED) is 0.838. The lowest BCUT2D eigenvalue weighted by Crippen LogP contribution is -2.09. The number of hydrogen-bond donors (Lipinski definition) is 1. The lowest BCUT2D eigenvalue weighted by molar-refractivity contribution is -0.136. The third-order valence-corrected chi connectivity index (χ3v) is 2.91. The predicted octanol–water partition coefficient (Wildman–Crippen LogP) is 0.318. The van der Waals surface area contributed by atoms with E-state index in [0.717, 1.165) is 0 Å². The number of nitrogens with zero attached hydrogens (tertiary/aromatic N) is 5. The SMILES string of the molecule is COc1nc(OC)nc(-n2nc(C)c(CC(=O)O)c2C)n1. The van der Waals surface area contributed by atoms with Crippen molar-refractivity contribution >= 4 is 5.97 Å². The summed E-state index contributed by atoms with van der Waals surface area (Å²) in [5, 5.41) is 13.2. The standard InChI is InChI=1S/C12H15N5O4/c1-6-8(5-9(18)19)7(2)17(16-6)10-13-11(20-3)15-12(14-10)21-4/h5H2,1-4H3,(H,18,19). The number of rotatable bonds is 5. The maximum absolute atomic E-state index is 10.9. The summed E-state index contributed by atoms with van der Waals surface area (Å²) < 4.78 is 11.4. The van der Waals surface area contributed by atoms with Crippen molar-refractivity contribution in [3.63, 3.8) is 0 Å². The van der Waals surface area contributed by atoms with Crippen LogP contribution in [0.2, 0.25) is 0 Å². The molecular weight excluding hydrogens is 278 g/mol. The molecule has 0 radical (unpaired) electrons. The van der Waals surface area contributed by atoms with Crippen LogP contribution in [0, 0.1) is 13.8 Å². The minimum Gasteiger partial charge on any atom is -0.481 e. The molecule has 0 aliphatic heterocycles. The Bertz CT molecular complexity index is 660. The molecule has 9 nitrogen and oxygen atoms in total. The molecule has 0 unspecified atom stereocenters. The zero-order valence-electron chi connectivity index (χ0n) is 12.1. The fourth-order valence-corrected chi connectivity index (χ4v) is 1.88. The number of carbonyl (C=O) groups is 1. The van der Waals surface area contributed by atoms with E-state index in [2.05, 4.69) is 20.1 Å². The Kier molecular flexibility index (Phi) is 4.01. The molecule has 0 aliphatic carbocycles. The summed E-state index contributed by atoms with van der Waals surface area (Å²) in [7, 11) is 2.85. The summed E-state index contributed by atoms with van der Waals surface area (Å²) in [6, 6.07) is 0.174. The van der Waals surface area contributed by atoms with Crippen molar-refractivity contribution in [2.75, 3.05) is 14.2 Å². The Morgan fingerprint density at radius 1 is 1.14 bits per heavy atom. The molecule has 0 bridgehead atoms. The van der Waals surface area contributed by atoms with Crippen molar-refractivity contribution in [1.82, 2.24) is 24.7 Å². The minimum absolute atomic E-state index is 0.0872. The monoisotopic (exact) mass is 293 g/mol. The predicted molar refractivity (Wildman–Crippen MR) is 70.9 cm³/mol. The molecule has 21 heavy (non-hydrogen) atoms. The van der Waals surface area contributed by atoms with E-state index in [1.54, 1.807) is 13.8 Å². The second-order valence-corrected chi connectivity index (χ2v) is 4.24. The Morgan fingerprint density at radius 3 is 2.19 bits per heavy atom. The Labute approximate surface area is 120 Å². The molecule has 2 aromatic heterocycles. The van der Waals surface area contributed by atoms with E-state index in [0.29, 0.717) is 17.0 Å². The Morgan fingerprint density at radius 2 is 1.71 bits per heavy atom. The average Bonchev–Trinajstić information content (AvgIpc) is 2.74. The first-order valence-corrected chi connectivity index (χ1v) is 6.07. The summed E-state index contributed by atoms with van der Waals surface area (Å²) in [6.07, 6.45) is -0.114. The molecule has 0 spiro atoms. The van der Waals surface area contributed by atoms with Gasteiger partial charge in [0.05, 0.1) is 26.3 Å². The van der Waals surface area contributed by atoms with Gasteiger partial charge in [-0.05, 0) is 13.8 Å². The zero-order chi connectivity index (χ0) is 15.6. The highest BCUT2D eigenvalue weighted by Gasteiger charge is 2.18. The number of aryl methyl sites for hydroxylation is 1. The zero-order valence-corrected chi connectivity index (χ0v) is 12.1. The third-order valence-electron chi connectivity index (χ3n) is 2.91. The van der Waals surface area contributed by atoms with E-state index in [4.69, 9.17) is 14.6 Å². The molecule has 9 heteroatoms. The molecule has 2 heterocycles. The lowest BCUT2D eigenvalue weighted by Gasteiger charge is -2.06. The van der Waals surface area contributed by atoms with Gasteiger partial charge in [-0.15, -0.1) is 4.98 Å². The topological polar surface area (TPSA) is 112 Å². The normalized spacial score (nSPS) is 10.5. The lowest BCUT2D eigenvalue weighted by atomic mass is 10.1. The second-order valence-electron chi connectivity index (χ2n) is 4.24. The van der Waals surface area contributed by atoms with Gasteiger partial charge in [0, 0.05) is 11.3 Å². The summed E-state index contributed by atoms with van der Waals surface area (Å²) in [6.45, 7) is 3.48. The molecule has 0 aromatic carbocycles. The molecule has 0 amide bonds. The first kappa shape index (κ1) is 14.7. The molecule has 2 aromatic rings. The Balaban J connectivity index is 2.54. The number of hydrogen-bond acceptors (Lipinski definition) is 7. The Hall–Kier alpha value is -2.71. The maximum Gasteiger partial charge on any atom is 0.324 e. The summed E-state index contributed by atoms with van der Waals surface area (Å²) in [5.74, 6) is -0.720. The van der Waals surface area contributed by atoms with Crippen LogP contribution in [0.15, 0.2) is 0 Å². The molecule has 0 saturated carbocycles. The van der Waals surface area contributed by atoms with Gasteiger partial charge in [-0.2, -0.15) is 15.1 Å². The van der Waals surface area contributed by atoms with Crippen LogP contribution < -0.4 is 9.47 Å². The van der Waals surface area contributed by atoms with Crippen molar-refractivity contribution in [2.45, 2.75) is 20.3 Å². The van der Waals surface area contributed by atoms with Gasteiger partial charge in [0.25, 0.3) is 5.95 Å². The molecule has 1 N–H and O–H groups in total. The average molecular weight is 293 g/mol. The minimum atomic E-state index is -0.924.